The zero-order valence-corrected chi connectivity index (χ0v) is 7.83. The summed E-state index contributed by atoms with van der Waals surface area (Å²) in [7, 11) is 1.50. The van der Waals surface area contributed by atoms with E-state index < -0.39 is 5.97 Å². The lowest BCUT2D eigenvalue weighted by molar-refractivity contribution is 0.0696. The highest BCUT2D eigenvalue weighted by Crippen LogP contribution is 2.05. The van der Waals surface area contributed by atoms with Crippen LogP contribution in [0.15, 0.2) is 21.5 Å². The van der Waals surface area contributed by atoms with Gasteiger partial charge in [0.15, 0.2) is 0 Å². The first-order chi connectivity index (χ1) is 5.52. The molecule has 0 aliphatic rings. The first-order valence-electron chi connectivity index (χ1n) is 3.12. The Bertz CT molecular complexity index is 356. The highest BCUT2D eigenvalue weighted by atomic mass is 79.9. The number of nitrogens with zero attached hydrogens (tertiary/aromatic N) is 1. The summed E-state index contributed by atoms with van der Waals surface area (Å²) >= 11 is 2.97. The SMILES string of the molecule is Cn1cc(C(=O)O)cc(Br)c1=O. The number of aromatic carboxylic acids is 1. The Kier molecular flexibility index (Phi) is 2.32. The standard InChI is InChI=1S/C7H6BrNO3/c1-9-3-4(7(11)12)2-5(8)6(9)10/h2-3H,1H3,(H,11,12). The summed E-state index contributed by atoms with van der Waals surface area (Å²) in [5.41, 5.74) is -0.163. The molecule has 0 fully saturated rings. The number of carboxylic acids is 1. The van der Waals surface area contributed by atoms with Gasteiger partial charge in [-0.3, -0.25) is 4.79 Å². The number of hydrogen-bond acceptors (Lipinski definition) is 2. The molecule has 4 nitrogen and oxygen atoms in total. The van der Waals surface area contributed by atoms with Gasteiger partial charge in [0, 0.05) is 13.2 Å². The van der Waals surface area contributed by atoms with E-state index >= 15 is 0 Å². The van der Waals surface area contributed by atoms with Crippen LogP contribution in [0, 0.1) is 0 Å². The topological polar surface area (TPSA) is 59.3 Å². The second-order valence-corrected chi connectivity index (χ2v) is 3.15. The molecule has 0 aromatic carbocycles. The predicted octanol–water partition coefficient (Wildman–Crippen LogP) is 0.846. The third-order valence-electron chi connectivity index (χ3n) is 1.39. The van der Waals surface area contributed by atoms with E-state index in [4.69, 9.17) is 5.11 Å². The zero-order valence-electron chi connectivity index (χ0n) is 6.24. The molecule has 0 atom stereocenters. The average Bonchev–Trinajstić information content (AvgIpc) is 1.99. The van der Waals surface area contributed by atoms with Gasteiger partial charge in [-0.2, -0.15) is 0 Å². The van der Waals surface area contributed by atoms with Crippen LogP contribution in [0.5, 0.6) is 0 Å². The molecule has 0 aliphatic carbocycles. The summed E-state index contributed by atoms with van der Waals surface area (Å²) in [4.78, 5) is 21.5. The molecule has 1 aromatic heterocycles. The Balaban J connectivity index is 3.41. The van der Waals surface area contributed by atoms with Crippen molar-refractivity contribution in [2.24, 2.45) is 7.05 Å². The quantitative estimate of drug-likeness (QED) is 0.780. The lowest BCUT2D eigenvalue weighted by atomic mass is 10.3. The van der Waals surface area contributed by atoms with Crippen LogP contribution in [0.2, 0.25) is 0 Å². The second kappa shape index (κ2) is 3.10. The van der Waals surface area contributed by atoms with Gasteiger partial charge in [0.2, 0.25) is 0 Å². The van der Waals surface area contributed by atoms with Crippen LogP contribution in [-0.4, -0.2) is 15.6 Å². The molecule has 64 valence electrons. The molecule has 0 aliphatic heterocycles. The van der Waals surface area contributed by atoms with E-state index in [0.29, 0.717) is 0 Å². The maximum Gasteiger partial charge on any atom is 0.337 e. The molecule has 1 heterocycles. The van der Waals surface area contributed by atoms with Crippen molar-refractivity contribution in [2.75, 3.05) is 0 Å². The van der Waals surface area contributed by atoms with Crippen LogP contribution in [0.4, 0.5) is 0 Å². The van der Waals surface area contributed by atoms with Gasteiger partial charge >= 0.3 is 5.97 Å². The van der Waals surface area contributed by atoms with Crippen LogP contribution in [0.25, 0.3) is 0 Å². The van der Waals surface area contributed by atoms with Crippen LogP contribution in [-0.2, 0) is 7.05 Å². The van der Waals surface area contributed by atoms with Crippen molar-refractivity contribution < 1.29 is 9.90 Å². The van der Waals surface area contributed by atoms with Crippen molar-refractivity contribution in [1.82, 2.24) is 4.57 Å². The molecule has 0 amide bonds. The second-order valence-electron chi connectivity index (χ2n) is 2.30. The summed E-state index contributed by atoms with van der Waals surface area (Å²) in [6.45, 7) is 0. The van der Waals surface area contributed by atoms with Crippen molar-refractivity contribution >= 4 is 21.9 Å². The minimum atomic E-state index is -1.05. The molecular formula is C7H6BrNO3. The molecule has 0 saturated carbocycles. The molecule has 0 bridgehead atoms. The number of aryl methyl sites for hydroxylation is 1. The van der Waals surface area contributed by atoms with Crippen molar-refractivity contribution in [3.63, 3.8) is 0 Å². The van der Waals surface area contributed by atoms with Crippen LogP contribution in [0.3, 0.4) is 0 Å². The third kappa shape index (κ3) is 1.55. The Labute approximate surface area is 76.6 Å². The van der Waals surface area contributed by atoms with E-state index in [2.05, 4.69) is 15.9 Å². The highest BCUT2D eigenvalue weighted by Gasteiger charge is 2.06. The maximum absolute atomic E-state index is 11.1. The summed E-state index contributed by atoms with van der Waals surface area (Å²) in [6, 6.07) is 1.28. The molecule has 0 unspecified atom stereocenters. The number of aromatic nitrogens is 1. The van der Waals surface area contributed by atoms with Crippen molar-refractivity contribution in [2.45, 2.75) is 0 Å². The van der Waals surface area contributed by atoms with E-state index in [-0.39, 0.29) is 15.6 Å². The fourth-order valence-corrected chi connectivity index (χ4v) is 1.31. The Morgan fingerprint density at radius 3 is 2.67 bits per heavy atom. The van der Waals surface area contributed by atoms with E-state index in [9.17, 15) is 9.59 Å². The van der Waals surface area contributed by atoms with Crippen LogP contribution in [0.1, 0.15) is 10.4 Å². The van der Waals surface area contributed by atoms with E-state index in [0.717, 1.165) is 0 Å². The minimum absolute atomic E-state index is 0.0870. The van der Waals surface area contributed by atoms with Gasteiger partial charge in [-0.05, 0) is 22.0 Å². The molecule has 0 spiro atoms. The normalized spacial score (nSPS) is 9.83. The predicted molar refractivity (Wildman–Crippen MR) is 46.3 cm³/mol. The van der Waals surface area contributed by atoms with Crippen LogP contribution >= 0.6 is 15.9 Å². The lowest BCUT2D eigenvalue weighted by Crippen LogP contribution is -2.18. The molecule has 5 heteroatoms. The number of carbonyl (C=O) groups is 1. The highest BCUT2D eigenvalue weighted by molar-refractivity contribution is 9.10. The van der Waals surface area contributed by atoms with Crippen LogP contribution < -0.4 is 5.56 Å². The minimum Gasteiger partial charge on any atom is -0.478 e. The summed E-state index contributed by atoms with van der Waals surface area (Å²) in [5.74, 6) is -1.05. The first-order valence-corrected chi connectivity index (χ1v) is 3.91. The molecular weight excluding hydrogens is 226 g/mol. The van der Waals surface area contributed by atoms with Crippen molar-refractivity contribution in [3.8, 4) is 0 Å². The van der Waals surface area contributed by atoms with Crippen molar-refractivity contribution in [1.29, 1.82) is 0 Å². The number of carboxylic acid groups (broad SMARTS) is 1. The number of hydrogen-bond donors (Lipinski definition) is 1. The van der Waals surface area contributed by atoms with Gasteiger partial charge in [0.25, 0.3) is 5.56 Å². The van der Waals surface area contributed by atoms with Gasteiger partial charge in [0.05, 0.1) is 10.0 Å². The summed E-state index contributed by atoms with van der Waals surface area (Å²) < 4.78 is 1.47. The molecule has 12 heavy (non-hydrogen) atoms. The smallest absolute Gasteiger partial charge is 0.337 e. The molecule has 0 saturated heterocycles. The fraction of sp³-hybridized carbons (Fsp3) is 0.143. The van der Waals surface area contributed by atoms with Gasteiger partial charge in [-0.1, -0.05) is 0 Å². The maximum atomic E-state index is 11.1. The molecule has 1 rings (SSSR count). The van der Waals surface area contributed by atoms with Gasteiger partial charge in [-0.15, -0.1) is 0 Å². The molecule has 0 radical (unpaired) electrons. The summed E-state index contributed by atoms with van der Waals surface area (Å²) in [5, 5.41) is 8.59. The average molecular weight is 232 g/mol. The third-order valence-corrected chi connectivity index (χ3v) is 1.95. The van der Waals surface area contributed by atoms with E-state index in [1.54, 1.807) is 0 Å². The Morgan fingerprint density at radius 1 is 1.67 bits per heavy atom. The largest absolute Gasteiger partial charge is 0.478 e. The van der Waals surface area contributed by atoms with Gasteiger partial charge in [0.1, 0.15) is 0 Å². The zero-order chi connectivity index (χ0) is 9.30. The van der Waals surface area contributed by atoms with Gasteiger partial charge in [-0.25, -0.2) is 4.79 Å². The van der Waals surface area contributed by atoms with E-state index in [1.807, 2.05) is 0 Å². The number of rotatable bonds is 1. The van der Waals surface area contributed by atoms with E-state index in [1.165, 1.54) is 23.9 Å². The number of pyridine rings is 1. The molecule has 1 aromatic rings. The Hall–Kier alpha value is -1.10. The summed E-state index contributed by atoms with van der Waals surface area (Å²) in [6.07, 6.45) is 1.27. The number of halogens is 1. The Morgan fingerprint density at radius 2 is 2.25 bits per heavy atom. The van der Waals surface area contributed by atoms with Crippen molar-refractivity contribution in [3.05, 3.63) is 32.7 Å². The lowest BCUT2D eigenvalue weighted by Gasteiger charge is -1.99. The monoisotopic (exact) mass is 231 g/mol. The fourth-order valence-electron chi connectivity index (χ4n) is 0.788. The molecule has 1 N–H and O–H groups in total. The van der Waals surface area contributed by atoms with Gasteiger partial charge < -0.3 is 9.67 Å². The first kappa shape index (κ1) is 8.99.